The number of nitrogens with zero attached hydrogens (tertiary/aromatic N) is 3. The molecule has 3 rings (SSSR count). The maximum absolute atomic E-state index is 4.48. The molecule has 140 valence electrons. The molecule has 2 fully saturated rings. The summed E-state index contributed by atoms with van der Waals surface area (Å²) < 4.78 is 0. The maximum Gasteiger partial charge on any atom is 0.0514 e. The molecular weight excluding hydrogens is 340 g/mol. The summed E-state index contributed by atoms with van der Waals surface area (Å²) >= 11 is 1.64. The van der Waals surface area contributed by atoms with E-state index in [0.29, 0.717) is 5.41 Å². The van der Waals surface area contributed by atoms with Gasteiger partial charge in [0.1, 0.15) is 0 Å². The van der Waals surface area contributed by atoms with Gasteiger partial charge in [-0.25, -0.2) is 0 Å². The molecule has 0 atom stereocenters. The van der Waals surface area contributed by atoms with Crippen molar-refractivity contribution in [2.45, 2.75) is 31.8 Å². The molecule has 1 saturated carbocycles. The first kappa shape index (κ1) is 19.3. The first-order valence-electron chi connectivity index (χ1n) is 9.28. The first-order chi connectivity index (χ1) is 12.6. The van der Waals surface area contributed by atoms with Gasteiger partial charge in [0.25, 0.3) is 0 Å². The van der Waals surface area contributed by atoms with Crippen molar-refractivity contribution >= 4 is 24.7 Å². The number of allylic oxidation sites excluding steroid dienone is 1. The van der Waals surface area contributed by atoms with Crippen LogP contribution in [0.1, 0.15) is 25.3 Å². The smallest absolute Gasteiger partial charge is 0.0514 e. The average Bonchev–Trinajstić information content (AvgIpc) is 2.58. The van der Waals surface area contributed by atoms with E-state index in [4.69, 9.17) is 0 Å². The second-order valence-electron chi connectivity index (χ2n) is 7.93. The Morgan fingerprint density at radius 3 is 2.69 bits per heavy atom. The lowest BCUT2D eigenvalue weighted by atomic mass is 9.54. The Bertz CT molecular complexity index is 654. The highest BCUT2D eigenvalue weighted by molar-refractivity contribution is 8.03. The predicted molar refractivity (Wildman–Crippen MR) is 114 cm³/mol. The minimum Gasteiger partial charge on any atom is -0.310 e. The molecule has 0 unspecified atom stereocenters. The Balaban J connectivity index is 1.34. The van der Waals surface area contributed by atoms with Crippen molar-refractivity contribution in [2.75, 3.05) is 32.4 Å². The Hall–Kier alpha value is -1.43. The van der Waals surface area contributed by atoms with Gasteiger partial charge in [0, 0.05) is 49.0 Å². The van der Waals surface area contributed by atoms with E-state index in [1.807, 2.05) is 12.5 Å². The SMILES string of the molecule is C=N/C=C(\C=NCCNC1(C)CC2(CN(Cc3ccccc3)C2)C1)SC. The van der Waals surface area contributed by atoms with Gasteiger partial charge in [-0.05, 0) is 43.7 Å². The van der Waals surface area contributed by atoms with Crippen molar-refractivity contribution in [1.29, 1.82) is 0 Å². The largest absolute Gasteiger partial charge is 0.310 e. The molecule has 4 nitrogen and oxygen atoms in total. The van der Waals surface area contributed by atoms with Crippen LogP contribution in [-0.4, -0.2) is 55.8 Å². The van der Waals surface area contributed by atoms with Crippen LogP contribution in [0.2, 0.25) is 0 Å². The van der Waals surface area contributed by atoms with E-state index in [1.54, 1.807) is 18.0 Å². The number of benzene rings is 1. The lowest BCUT2D eigenvalue weighted by molar-refractivity contribution is -0.115. The molecule has 26 heavy (non-hydrogen) atoms. The second-order valence-corrected chi connectivity index (χ2v) is 8.80. The van der Waals surface area contributed by atoms with E-state index in [1.165, 1.54) is 31.5 Å². The van der Waals surface area contributed by atoms with Crippen molar-refractivity contribution in [3.05, 3.63) is 47.0 Å². The third kappa shape index (κ3) is 4.84. The Morgan fingerprint density at radius 2 is 2.04 bits per heavy atom. The molecule has 0 aromatic heterocycles. The van der Waals surface area contributed by atoms with Crippen LogP contribution in [0.3, 0.4) is 0 Å². The van der Waals surface area contributed by atoms with E-state index in [2.05, 4.69) is 64.2 Å². The fraction of sp³-hybridized carbons (Fsp3) is 0.524. The Labute approximate surface area is 161 Å². The monoisotopic (exact) mass is 370 g/mol. The molecule has 1 aliphatic carbocycles. The summed E-state index contributed by atoms with van der Waals surface area (Å²) in [6.07, 6.45) is 8.22. The Kier molecular flexibility index (Phi) is 6.33. The van der Waals surface area contributed by atoms with Crippen LogP contribution in [0.4, 0.5) is 0 Å². The zero-order chi connectivity index (χ0) is 18.5. The first-order valence-corrected chi connectivity index (χ1v) is 10.5. The van der Waals surface area contributed by atoms with Crippen LogP contribution in [0, 0.1) is 5.41 Å². The highest BCUT2D eigenvalue weighted by Crippen LogP contribution is 2.54. The standard InChI is InChI=1S/C21H30N4S/c1-20(24-10-9-23-12-19(26-3)11-22-2)14-21(15-20)16-25(17-21)13-18-7-5-4-6-8-18/h4-8,11-12,24H,2,9-10,13-17H2,1,3H3/b19-11+,23-12?. The van der Waals surface area contributed by atoms with E-state index in [0.717, 1.165) is 24.5 Å². The number of hydrogen-bond acceptors (Lipinski definition) is 5. The van der Waals surface area contributed by atoms with Crippen molar-refractivity contribution in [3.8, 4) is 0 Å². The van der Waals surface area contributed by atoms with Crippen molar-refractivity contribution in [2.24, 2.45) is 15.4 Å². The normalized spacial score (nSPS) is 21.5. The predicted octanol–water partition coefficient (Wildman–Crippen LogP) is 3.61. The van der Waals surface area contributed by atoms with Crippen molar-refractivity contribution < 1.29 is 0 Å². The molecule has 1 N–H and O–H groups in total. The lowest BCUT2D eigenvalue weighted by Crippen LogP contribution is -2.70. The molecule has 0 amide bonds. The second kappa shape index (κ2) is 8.51. The van der Waals surface area contributed by atoms with Gasteiger partial charge in [-0.15, -0.1) is 11.8 Å². The average molecular weight is 371 g/mol. The molecule has 0 radical (unpaired) electrons. The molecule has 2 aliphatic rings. The quantitative estimate of drug-likeness (QED) is 0.533. The van der Waals surface area contributed by atoms with E-state index < -0.39 is 0 Å². The number of aliphatic imine (C=N–C) groups is 2. The summed E-state index contributed by atoms with van der Waals surface area (Å²) in [6.45, 7) is 11.2. The van der Waals surface area contributed by atoms with Gasteiger partial charge in [0.2, 0.25) is 0 Å². The number of nitrogens with one attached hydrogen (secondary N) is 1. The van der Waals surface area contributed by atoms with Crippen LogP contribution in [0.15, 0.2) is 51.4 Å². The molecule has 1 spiro atoms. The Morgan fingerprint density at radius 1 is 1.31 bits per heavy atom. The third-order valence-corrected chi connectivity index (χ3v) is 6.05. The lowest BCUT2D eigenvalue weighted by Gasteiger charge is -2.64. The van der Waals surface area contributed by atoms with Crippen LogP contribution in [0.25, 0.3) is 0 Å². The van der Waals surface area contributed by atoms with Gasteiger partial charge in [-0.3, -0.25) is 14.9 Å². The summed E-state index contributed by atoms with van der Waals surface area (Å²) in [5.74, 6) is 0. The van der Waals surface area contributed by atoms with E-state index in [9.17, 15) is 0 Å². The van der Waals surface area contributed by atoms with Gasteiger partial charge in [-0.2, -0.15) is 0 Å². The van der Waals surface area contributed by atoms with Crippen molar-refractivity contribution in [1.82, 2.24) is 10.2 Å². The number of rotatable bonds is 9. The minimum atomic E-state index is 0.287. The highest BCUT2D eigenvalue weighted by atomic mass is 32.2. The van der Waals surface area contributed by atoms with Crippen LogP contribution >= 0.6 is 11.8 Å². The van der Waals surface area contributed by atoms with Gasteiger partial charge >= 0.3 is 0 Å². The summed E-state index contributed by atoms with van der Waals surface area (Å²) in [6, 6.07) is 10.8. The van der Waals surface area contributed by atoms with Crippen LogP contribution in [-0.2, 0) is 6.54 Å². The molecule has 1 aromatic rings. The maximum atomic E-state index is 4.48. The van der Waals surface area contributed by atoms with E-state index >= 15 is 0 Å². The van der Waals surface area contributed by atoms with E-state index in [-0.39, 0.29) is 5.54 Å². The van der Waals surface area contributed by atoms with Gasteiger partial charge < -0.3 is 5.32 Å². The zero-order valence-electron chi connectivity index (χ0n) is 15.9. The van der Waals surface area contributed by atoms with Crippen LogP contribution < -0.4 is 5.32 Å². The molecular formula is C21H30N4S. The highest BCUT2D eigenvalue weighted by Gasteiger charge is 2.57. The van der Waals surface area contributed by atoms with Gasteiger partial charge in [0.15, 0.2) is 0 Å². The summed E-state index contributed by atoms with van der Waals surface area (Å²) in [5.41, 5.74) is 2.27. The molecule has 1 saturated heterocycles. The zero-order valence-corrected chi connectivity index (χ0v) is 16.8. The minimum absolute atomic E-state index is 0.287. The van der Waals surface area contributed by atoms with Crippen molar-refractivity contribution in [3.63, 3.8) is 0 Å². The van der Waals surface area contributed by atoms with Crippen LogP contribution in [0.5, 0.6) is 0 Å². The molecule has 1 aliphatic heterocycles. The fourth-order valence-electron chi connectivity index (χ4n) is 4.61. The molecule has 5 heteroatoms. The molecule has 1 heterocycles. The van der Waals surface area contributed by atoms with Gasteiger partial charge in [-0.1, -0.05) is 30.3 Å². The number of likely N-dealkylation sites (tertiary alicyclic amines) is 1. The summed E-state index contributed by atoms with van der Waals surface area (Å²) in [5, 5.41) is 3.71. The summed E-state index contributed by atoms with van der Waals surface area (Å²) in [4.78, 5) is 11.9. The fourth-order valence-corrected chi connectivity index (χ4v) is 4.97. The van der Waals surface area contributed by atoms with Gasteiger partial charge in [0.05, 0.1) is 6.54 Å². The molecule has 0 bridgehead atoms. The third-order valence-electron chi connectivity index (χ3n) is 5.36. The topological polar surface area (TPSA) is 40.0 Å². The molecule has 1 aromatic carbocycles. The number of hydrogen-bond donors (Lipinski definition) is 1. The number of thioether (sulfide) groups is 1. The summed E-state index contributed by atoms with van der Waals surface area (Å²) in [7, 11) is 0.